The molecule has 0 atom stereocenters. The molecular weight excluding hydrogens is 498 g/mol. The van der Waals surface area contributed by atoms with E-state index in [9.17, 15) is 13.2 Å². The second kappa shape index (κ2) is 10.5. The average Bonchev–Trinajstić information content (AvgIpc) is 3.26. The lowest BCUT2D eigenvalue weighted by Gasteiger charge is -2.19. The largest absolute Gasteiger partial charge is 0.495 e. The second-order valence-electron chi connectivity index (χ2n) is 7.93. The molecule has 0 radical (unpaired) electrons. The summed E-state index contributed by atoms with van der Waals surface area (Å²) in [4.78, 5) is 18.1. The Bertz CT molecular complexity index is 1560. The van der Waals surface area contributed by atoms with Crippen LogP contribution < -0.4 is 18.6 Å². The minimum atomic E-state index is -3.78. The van der Waals surface area contributed by atoms with E-state index in [1.807, 2.05) is 29.7 Å². The molecule has 0 bridgehead atoms. The lowest BCUT2D eigenvalue weighted by atomic mass is 10.2. The van der Waals surface area contributed by atoms with Crippen molar-refractivity contribution in [2.75, 3.05) is 25.6 Å². The van der Waals surface area contributed by atoms with Crippen LogP contribution in [0.25, 0.3) is 10.2 Å². The van der Waals surface area contributed by atoms with Crippen molar-refractivity contribution in [3.05, 3.63) is 77.1 Å². The Kier molecular flexibility index (Phi) is 7.46. The van der Waals surface area contributed by atoms with Gasteiger partial charge in [0.1, 0.15) is 21.7 Å². The molecule has 36 heavy (non-hydrogen) atoms. The summed E-state index contributed by atoms with van der Waals surface area (Å²) in [5.41, 5.74) is 1.65. The van der Waals surface area contributed by atoms with Crippen LogP contribution in [0.1, 0.15) is 23.7 Å². The van der Waals surface area contributed by atoms with Crippen LogP contribution in [0.15, 0.2) is 76.6 Å². The molecule has 3 aromatic carbocycles. The quantitative estimate of drug-likeness (QED) is 0.333. The van der Waals surface area contributed by atoms with Gasteiger partial charge < -0.3 is 14.0 Å². The predicted molar refractivity (Wildman–Crippen MR) is 142 cm³/mol. The highest BCUT2D eigenvalue weighted by Gasteiger charge is 2.22. The Hall–Kier alpha value is -3.63. The molecule has 10 heteroatoms. The maximum absolute atomic E-state index is 13.1. The van der Waals surface area contributed by atoms with E-state index in [0.717, 1.165) is 16.6 Å². The zero-order chi connectivity index (χ0) is 25.9. The molecule has 0 N–H and O–H groups in total. The number of benzene rings is 3. The van der Waals surface area contributed by atoms with Crippen LogP contribution in [0.2, 0.25) is 0 Å². The molecule has 0 saturated carbocycles. The first-order chi connectivity index (χ1) is 17.3. The molecule has 4 aromatic rings. The minimum absolute atomic E-state index is 0.0859. The molecule has 1 heterocycles. The van der Waals surface area contributed by atoms with Gasteiger partial charge in [-0.1, -0.05) is 36.5 Å². The Morgan fingerprint density at radius 1 is 0.972 bits per heavy atom. The standard InChI is InChI=1S/C26H27N3O5S2/c1-5-17-29-23-21(33-3)15-16-22(34-4)24(23)35-26(29)27-25(30)18-11-13-20(14-12-18)36(31,32)28(2)19-9-7-6-8-10-19/h6-16H,5,17H2,1-4H3. The van der Waals surface area contributed by atoms with Gasteiger partial charge in [-0.05, 0) is 55.0 Å². The number of aryl methyl sites for hydroxylation is 1. The Morgan fingerprint density at radius 2 is 1.61 bits per heavy atom. The van der Waals surface area contributed by atoms with E-state index in [0.29, 0.717) is 28.5 Å². The molecule has 1 amide bonds. The van der Waals surface area contributed by atoms with E-state index in [4.69, 9.17) is 9.47 Å². The molecule has 0 spiro atoms. The van der Waals surface area contributed by atoms with Crippen molar-refractivity contribution in [1.29, 1.82) is 0 Å². The van der Waals surface area contributed by atoms with E-state index in [2.05, 4.69) is 4.99 Å². The van der Waals surface area contributed by atoms with E-state index in [1.165, 1.54) is 47.0 Å². The van der Waals surface area contributed by atoms with Crippen LogP contribution in [0.3, 0.4) is 0 Å². The molecule has 4 rings (SSSR count). The van der Waals surface area contributed by atoms with Gasteiger partial charge >= 0.3 is 0 Å². The fourth-order valence-electron chi connectivity index (χ4n) is 3.83. The molecule has 8 nitrogen and oxygen atoms in total. The van der Waals surface area contributed by atoms with E-state index < -0.39 is 15.9 Å². The number of methoxy groups -OCH3 is 2. The first-order valence-corrected chi connectivity index (χ1v) is 13.5. The number of hydrogen-bond acceptors (Lipinski definition) is 6. The van der Waals surface area contributed by atoms with Crippen LogP contribution in [0.4, 0.5) is 5.69 Å². The molecule has 0 aliphatic rings. The Morgan fingerprint density at radius 3 is 2.22 bits per heavy atom. The number of hydrogen-bond donors (Lipinski definition) is 0. The number of nitrogens with zero attached hydrogens (tertiary/aromatic N) is 3. The van der Waals surface area contributed by atoms with Crippen molar-refractivity contribution < 1.29 is 22.7 Å². The topological polar surface area (TPSA) is 90.2 Å². The third-order valence-corrected chi connectivity index (χ3v) is 8.61. The minimum Gasteiger partial charge on any atom is -0.495 e. The molecule has 188 valence electrons. The smallest absolute Gasteiger partial charge is 0.279 e. The van der Waals surface area contributed by atoms with Crippen LogP contribution in [-0.2, 0) is 16.6 Å². The maximum Gasteiger partial charge on any atom is 0.279 e. The lowest BCUT2D eigenvalue weighted by molar-refractivity contribution is 0.0997. The summed E-state index contributed by atoms with van der Waals surface area (Å²) in [5, 5.41) is 0. The second-order valence-corrected chi connectivity index (χ2v) is 10.9. The summed E-state index contributed by atoms with van der Waals surface area (Å²) in [7, 11) is 0.911. The molecule has 0 unspecified atom stereocenters. The zero-order valence-electron chi connectivity index (χ0n) is 20.5. The molecule has 0 saturated heterocycles. The summed E-state index contributed by atoms with van der Waals surface area (Å²) in [6.45, 7) is 2.68. The monoisotopic (exact) mass is 525 g/mol. The molecule has 0 aliphatic carbocycles. The number of rotatable bonds is 8. The van der Waals surface area contributed by atoms with Crippen molar-refractivity contribution in [2.24, 2.45) is 4.99 Å². The number of thiazole rings is 1. The maximum atomic E-state index is 13.1. The van der Waals surface area contributed by atoms with Gasteiger partial charge in [0.2, 0.25) is 0 Å². The van der Waals surface area contributed by atoms with Crippen LogP contribution in [0, 0.1) is 0 Å². The van der Waals surface area contributed by atoms with Gasteiger partial charge in [-0.3, -0.25) is 9.10 Å². The number of ether oxygens (including phenoxy) is 2. The van der Waals surface area contributed by atoms with Gasteiger partial charge in [-0.2, -0.15) is 4.99 Å². The van der Waals surface area contributed by atoms with Crippen molar-refractivity contribution in [1.82, 2.24) is 4.57 Å². The first-order valence-electron chi connectivity index (χ1n) is 11.3. The molecule has 0 aliphatic heterocycles. The summed E-state index contributed by atoms with van der Waals surface area (Å²) in [6, 6.07) is 18.3. The molecule has 0 fully saturated rings. The summed E-state index contributed by atoms with van der Waals surface area (Å²) in [6.07, 6.45) is 0.828. The van der Waals surface area contributed by atoms with E-state index in [1.54, 1.807) is 38.5 Å². The fourth-order valence-corrected chi connectivity index (χ4v) is 6.19. The average molecular weight is 526 g/mol. The van der Waals surface area contributed by atoms with Gasteiger partial charge in [0.25, 0.3) is 15.9 Å². The van der Waals surface area contributed by atoms with Gasteiger partial charge in [0.05, 0.1) is 24.8 Å². The summed E-state index contributed by atoms with van der Waals surface area (Å²) in [5.74, 6) is 0.873. The lowest BCUT2D eigenvalue weighted by Crippen LogP contribution is -2.26. The van der Waals surface area contributed by atoms with Crippen LogP contribution in [0.5, 0.6) is 11.5 Å². The van der Waals surface area contributed by atoms with Crippen molar-refractivity contribution >= 4 is 43.2 Å². The highest BCUT2D eigenvalue weighted by atomic mass is 32.2. The number of para-hydroxylation sites is 1. The van der Waals surface area contributed by atoms with Crippen molar-refractivity contribution in [3.63, 3.8) is 0 Å². The first kappa shape index (κ1) is 25.5. The normalized spacial score (nSPS) is 12.1. The highest BCUT2D eigenvalue weighted by Crippen LogP contribution is 2.35. The van der Waals surface area contributed by atoms with Gasteiger partial charge in [0.15, 0.2) is 4.80 Å². The van der Waals surface area contributed by atoms with E-state index >= 15 is 0 Å². The number of aromatic nitrogens is 1. The van der Waals surface area contributed by atoms with Crippen LogP contribution >= 0.6 is 11.3 Å². The number of anilines is 1. The number of carbonyl (C=O) groups excluding carboxylic acids is 1. The number of amides is 1. The Balaban J connectivity index is 1.72. The number of fused-ring (bicyclic) bond motifs is 1. The number of sulfonamides is 1. The third kappa shape index (κ3) is 4.74. The molecular formula is C26H27N3O5S2. The van der Waals surface area contributed by atoms with E-state index in [-0.39, 0.29) is 10.5 Å². The van der Waals surface area contributed by atoms with Crippen molar-refractivity contribution in [2.45, 2.75) is 24.8 Å². The van der Waals surface area contributed by atoms with Gasteiger partial charge in [0, 0.05) is 19.2 Å². The SMILES string of the molecule is CCCn1c(=NC(=O)c2ccc(S(=O)(=O)N(C)c3ccccc3)cc2)sc2c(OC)ccc(OC)c21. The van der Waals surface area contributed by atoms with Crippen molar-refractivity contribution in [3.8, 4) is 11.5 Å². The van der Waals surface area contributed by atoms with Gasteiger partial charge in [-0.15, -0.1) is 0 Å². The summed E-state index contributed by atoms with van der Waals surface area (Å²) < 4.78 is 41.1. The fraction of sp³-hybridized carbons (Fsp3) is 0.231. The number of carbonyl (C=O) groups is 1. The molecule has 1 aromatic heterocycles. The predicted octanol–water partition coefficient (Wildman–Crippen LogP) is 4.70. The highest BCUT2D eigenvalue weighted by molar-refractivity contribution is 7.92. The zero-order valence-corrected chi connectivity index (χ0v) is 22.1. The third-order valence-electron chi connectivity index (χ3n) is 5.72. The Labute approximate surface area is 214 Å². The summed E-state index contributed by atoms with van der Waals surface area (Å²) >= 11 is 1.34. The van der Waals surface area contributed by atoms with Crippen LogP contribution in [-0.4, -0.2) is 40.2 Å². The van der Waals surface area contributed by atoms with Gasteiger partial charge in [-0.25, -0.2) is 8.42 Å².